The molecule has 0 radical (unpaired) electrons. The summed E-state index contributed by atoms with van der Waals surface area (Å²) in [5.74, 6) is -3.99. The Morgan fingerprint density at radius 2 is 1.54 bits per heavy atom. The van der Waals surface area contributed by atoms with Gasteiger partial charge < -0.3 is 50.0 Å². The van der Waals surface area contributed by atoms with Crippen LogP contribution in [0.3, 0.4) is 0 Å². The average Bonchev–Trinajstić information content (AvgIpc) is 3.45. The van der Waals surface area contributed by atoms with E-state index in [-0.39, 0.29) is 6.42 Å². The van der Waals surface area contributed by atoms with Gasteiger partial charge in [0.25, 0.3) is 11.6 Å². The van der Waals surface area contributed by atoms with Gasteiger partial charge in [0.2, 0.25) is 0 Å². The highest BCUT2D eigenvalue weighted by Gasteiger charge is 2.77. The van der Waals surface area contributed by atoms with Crippen LogP contribution in [-0.4, -0.2) is 110 Å². The van der Waals surface area contributed by atoms with Gasteiger partial charge in [-0.15, -0.1) is 0 Å². The van der Waals surface area contributed by atoms with Crippen LogP contribution in [0.25, 0.3) is 0 Å². The third-order valence-electron chi connectivity index (χ3n) is 5.18. The zero-order chi connectivity index (χ0) is 20.7. The fourth-order valence-corrected chi connectivity index (χ4v) is 3.43. The van der Waals surface area contributed by atoms with Gasteiger partial charge >= 0.3 is 0 Å². The van der Waals surface area contributed by atoms with Crippen LogP contribution in [0.2, 0.25) is 0 Å². The second-order valence-corrected chi connectivity index (χ2v) is 6.95. The number of ether oxygens (including phenoxy) is 3. The fraction of sp³-hybridized carbons (Fsp3) is 0.875. The summed E-state index contributed by atoms with van der Waals surface area (Å²) in [6.07, 6.45) is -9.52. The molecule has 0 spiro atoms. The number of allylic oxidation sites excluding steroid dienone is 1. The summed E-state index contributed by atoms with van der Waals surface area (Å²) < 4.78 is 16.5. The van der Waals surface area contributed by atoms with Crippen molar-refractivity contribution in [1.82, 2.24) is 0 Å². The lowest BCUT2D eigenvalue weighted by molar-refractivity contribution is -0.395. The number of aliphatic hydroxyl groups is 7. The van der Waals surface area contributed by atoms with E-state index in [1.807, 2.05) is 0 Å². The molecule has 0 aromatic rings. The maximum absolute atomic E-state index is 10.6. The Kier molecular flexibility index (Phi) is 6.41. The maximum atomic E-state index is 10.6. The molecule has 0 unspecified atom stereocenters. The van der Waals surface area contributed by atoms with Crippen LogP contribution < -0.4 is 0 Å². The molecule has 0 amide bonds. The molecule has 12 nitrogen and oxygen atoms in total. The summed E-state index contributed by atoms with van der Waals surface area (Å²) >= 11 is 0. The lowest BCUT2D eigenvalue weighted by atomic mass is 9.94. The topological polar surface area (TPSA) is 194 Å². The van der Waals surface area contributed by atoms with Crippen molar-refractivity contribution < 1.29 is 59.7 Å². The number of rotatable bonds is 7. The molecule has 0 saturated carbocycles. The Morgan fingerprint density at radius 1 is 0.893 bits per heavy atom. The SMILES string of the molecule is C/C=C/CC1([C@@]2(O[C@H]3O[C@H](CO)[C@@H](O)[C@H](O)[C@H]3O)O[C@H](CO)[C@@H](O)[C@@H]2O)OO1. The average molecular weight is 410 g/mol. The molecule has 9 atom stereocenters. The first kappa shape index (κ1) is 22.0. The van der Waals surface area contributed by atoms with Gasteiger partial charge in [0.05, 0.1) is 13.2 Å². The smallest absolute Gasteiger partial charge is 0.293 e. The molecule has 3 rings (SSSR count). The first-order chi connectivity index (χ1) is 13.3. The highest BCUT2D eigenvalue weighted by atomic mass is 17.4. The Morgan fingerprint density at radius 3 is 2.04 bits per heavy atom. The van der Waals surface area contributed by atoms with E-state index >= 15 is 0 Å². The van der Waals surface area contributed by atoms with Crippen LogP contribution in [0.15, 0.2) is 12.2 Å². The van der Waals surface area contributed by atoms with Crippen molar-refractivity contribution in [2.75, 3.05) is 13.2 Å². The lowest BCUT2D eigenvalue weighted by Gasteiger charge is -2.44. The molecule has 0 aromatic carbocycles. The molecule has 3 saturated heterocycles. The molecule has 3 heterocycles. The van der Waals surface area contributed by atoms with E-state index < -0.39 is 73.8 Å². The highest BCUT2D eigenvalue weighted by Crippen LogP contribution is 2.53. The second-order valence-electron chi connectivity index (χ2n) is 6.95. The predicted molar refractivity (Wildman–Crippen MR) is 85.9 cm³/mol. The maximum Gasteiger partial charge on any atom is 0.293 e. The Labute approximate surface area is 160 Å². The van der Waals surface area contributed by atoms with E-state index in [4.69, 9.17) is 24.0 Å². The van der Waals surface area contributed by atoms with Crippen LogP contribution >= 0.6 is 0 Å². The van der Waals surface area contributed by atoms with Crippen LogP contribution in [0.4, 0.5) is 0 Å². The Balaban J connectivity index is 1.93. The number of hydrogen-bond acceptors (Lipinski definition) is 12. The molecule has 0 aromatic heterocycles. The zero-order valence-electron chi connectivity index (χ0n) is 15.1. The van der Waals surface area contributed by atoms with Gasteiger partial charge in [0.15, 0.2) is 6.29 Å². The van der Waals surface area contributed by atoms with Crippen molar-refractivity contribution in [2.45, 2.75) is 73.9 Å². The molecule has 162 valence electrons. The standard InChI is InChI=1S/C16H26O12/c1-2-3-4-15(27-28-15)16(13(23)10(20)8(6-18)25-16)26-14-12(22)11(21)9(19)7(5-17)24-14/h2-3,7-14,17-23H,4-6H2,1H3/b3-2+/t7-,8-,9-,10-,11+,12-,13+,14-,16-/m1/s1. The van der Waals surface area contributed by atoms with E-state index in [0.717, 1.165) is 0 Å². The van der Waals surface area contributed by atoms with E-state index in [1.54, 1.807) is 19.1 Å². The minimum atomic E-state index is -2.26. The van der Waals surface area contributed by atoms with Crippen molar-refractivity contribution >= 4 is 0 Å². The monoisotopic (exact) mass is 410 g/mol. The fourth-order valence-electron chi connectivity index (χ4n) is 3.43. The van der Waals surface area contributed by atoms with Crippen LogP contribution in [-0.2, 0) is 24.0 Å². The van der Waals surface area contributed by atoms with Gasteiger partial charge in [-0.3, -0.25) is 0 Å². The minimum Gasteiger partial charge on any atom is -0.394 e. The van der Waals surface area contributed by atoms with Crippen molar-refractivity contribution in [1.29, 1.82) is 0 Å². The molecule has 7 N–H and O–H groups in total. The summed E-state index contributed by atoms with van der Waals surface area (Å²) in [5, 5.41) is 69.7. The summed E-state index contributed by atoms with van der Waals surface area (Å²) in [5.41, 5.74) is 0. The molecule has 28 heavy (non-hydrogen) atoms. The van der Waals surface area contributed by atoms with Crippen LogP contribution in [0.1, 0.15) is 13.3 Å². The van der Waals surface area contributed by atoms with Gasteiger partial charge in [-0.1, -0.05) is 12.2 Å². The van der Waals surface area contributed by atoms with E-state index in [1.165, 1.54) is 0 Å². The Bertz CT molecular complexity index is 566. The summed E-state index contributed by atoms with van der Waals surface area (Å²) in [7, 11) is 0. The minimum absolute atomic E-state index is 0.00283. The van der Waals surface area contributed by atoms with Gasteiger partial charge in [0, 0.05) is 6.42 Å². The van der Waals surface area contributed by atoms with E-state index in [0.29, 0.717) is 0 Å². The first-order valence-corrected chi connectivity index (χ1v) is 8.88. The van der Waals surface area contributed by atoms with Crippen molar-refractivity contribution in [3.05, 3.63) is 12.2 Å². The van der Waals surface area contributed by atoms with Crippen molar-refractivity contribution in [3.8, 4) is 0 Å². The summed E-state index contributed by atoms with van der Waals surface area (Å²) in [4.78, 5) is 10.0. The second kappa shape index (κ2) is 8.18. The molecule has 3 aliphatic heterocycles. The van der Waals surface area contributed by atoms with E-state index in [9.17, 15) is 35.7 Å². The normalized spacial score (nSPS) is 48.3. The van der Waals surface area contributed by atoms with Gasteiger partial charge in [-0.25, -0.2) is 0 Å². The molecule has 3 aliphatic rings. The van der Waals surface area contributed by atoms with Crippen molar-refractivity contribution in [3.63, 3.8) is 0 Å². The predicted octanol–water partition coefficient (Wildman–Crippen LogP) is -3.76. The molecule has 12 heteroatoms. The molecular formula is C16H26O12. The molecule has 0 bridgehead atoms. The summed E-state index contributed by atoms with van der Waals surface area (Å²) in [6, 6.07) is 0. The van der Waals surface area contributed by atoms with Crippen LogP contribution in [0.5, 0.6) is 0 Å². The third kappa shape index (κ3) is 3.39. The number of aliphatic hydroxyl groups excluding tert-OH is 7. The third-order valence-corrected chi connectivity index (χ3v) is 5.18. The Hall–Kier alpha value is -0.740. The largest absolute Gasteiger partial charge is 0.394 e. The molecule has 3 fully saturated rings. The van der Waals surface area contributed by atoms with E-state index in [2.05, 4.69) is 0 Å². The quantitative estimate of drug-likeness (QED) is 0.123. The van der Waals surface area contributed by atoms with Gasteiger partial charge in [0.1, 0.15) is 42.7 Å². The highest BCUT2D eigenvalue weighted by molar-refractivity contribution is 5.10. The molecule has 0 aliphatic carbocycles. The summed E-state index contributed by atoms with van der Waals surface area (Å²) in [6.45, 7) is 0.357. The van der Waals surface area contributed by atoms with Gasteiger partial charge in [-0.05, 0) is 6.92 Å². The lowest BCUT2D eigenvalue weighted by Crippen LogP contribution is -2.65. The van der Waals surface area contributed by atoms with Crippen LogP contribution in [0, 0.1) is 0 Å². The van der Waals surface area contributed by atoms with Crippen molar-refractivity contribution in [2.24, 2.45) is 0 Å². The first-order valence-electron chi connectivity index (χ1n) is 8.88. The number of hydrogen-bond donors (Lipinski definition) is 7. The molecular weight excluding hydrogens is 384 g/mol. The zero-order valence-corrected chi connectivity index (χ0v) is 15.1. The van der Waals surface area contributed by atoms with Gasteiger partial charge in [-0.2, -0.15) is 9.78 Å².